The summed E-state index contributed by atoms with van der Waals surface area (Å²) in [6.07, 6.45) is -3.70. The van der Waals surface area contributed by atoms with Crippen molar-refractivity contribution in [2.75, 3.05) is 38.5 Å². The minimum Gasteiger partial charge on any atom is -0.508 e. The van der Waals surface area contributed by atoms with Gasteiger partial charge in [-0.05, 0) is 42.0 Å². The van der Waals surface area contributed by atoms with Crippen molar-refractivity contribution >= 4 is 64.6 Å². The molecule has 5 unspecified atom stereocenters. The summed E-state index contributed by atoms with van der Waals surface area (Å²) in [5, 5.41) is 57.8. The van der Waals surface area contributed by atoms with Crippen LogP contribution in [0.2, 0.25) is 0 Å². The second-order valence-electron chi connectivity index (χ2n) is 16.5. The molecule has 0 bridgehead atoms. The molecular formula is C42H66N10O12S. The maximum absolute atomic E-state index is 14.6. The number of nitrogens with zero attached hydrogens (tertiary/aromatic N) is 1. The molecule has 10 atom stereocenters. The number of aromatic hydroxyl groups is 1. The van der Waals surface area contributed by atoms with Gasteiger partial charge in [-0.25, -0.2) is 0 Å². The lowest BCUT2D eigenvalue weighted by Gasteiger charge is -2.33. The van der Waals surface area contributed by atoms with Crippen LogP contribution in [0.25, 0.3) is 5.57 Å². The van der Waals surface area contributed by atoms with E-state index in [0.29, 0.717) is 41.0 Å². The number of aliphatic hydroxyl groups excluding tert-OH is 3. The Bertz CT molecular complexity index is 1920. The molecule has 0 saturated carbocycles. The molecular weight excluding hydrogens is 869 g/mol. The number of thioether (sulfide) groups is 1. The van der Waals surface area contributed by atoms with E-state index in [1.165, 1.54) is 24.8 Å². The maximum atomic E-state index is 14.6. The molecule has 23 heteroatoms. The van der Waals surface area contributed by atoms with Crippen LogP contribution in [0.5, 0.6) is 5.75 Å². The third-order valence-electron chi connectivity index (χ3n) is 11.5. The van der Waals surface area contributed by atoms with Crippen molar-refractivity contribution in [3.8, 4) is 5.75 Å². The van der Waals surface area contributed by atoms with Crippen molar-refractivity contribution in [2.45, 2.75) is 114 Å². The molecule has 362 valence electrons. The Labute approximate surface area is 382 Å². The molecule has 65 heavy (non-hydrogen) atoms. The number of hydrogen-bond acceptors (Lipinski definition) is 15. The molecule has 3 rings (SSSR count). The van der Waals surface area contributed by atoms with Gasteiger partial charge in [-0.3, -0.25) is 38.4 Å². The molecule has 1 fully saturated rings. The lowest BCUT2D eigenvalue weighted by molar-refractivity contribution is -0.144. The van der Waals surface area contributed by atoms with Gasteiger partial charge in [0.05, 0.1) is 38.3 Å². The average molecular weight is 935 g/mol. The second kappa shape index (κ2) is 25.4. The minimum absolute atomic E-state index is 0.0571. The van der Waals surface area contributed by atoms with Gasteiger partial charge in [0.1, 0.15) is 36.0 Å². The fourth-order valence-corrected chi connectivity index (χ4v) is 8.49. The molecule has 1 saturated heterocycles. The highest BCUT2D eigenvalue weighted by Gasteiger charge is 2.44. The summed E-state index contributed by atoms with van der Waals surface area (Å²) in [5.74, 6) is -7.93. The number of benzene rings is 1. The Morgan fingerprint density at radius 1 is 1.02 bits per heavy atom. The number of nitrogens with one attached hydrogen (secondary N) is 6. The van der Waals surface area contributed by atoms with Gasteiger partial charge in [0, 0.05) is 55.0 Å². The SMILES string of the molecule is C=C1C[C@@H](C)NC(=O)C([C@@H](C)[C@@H](O)CO)NC(=O)C2C[C@@H](O)CN2C(=O)C(CC(N)=O)NC(=O)[C@@H](NC(=O)CNC(=O)C(NC(=O)CN)C(C)CC)Cc2c1ccc(O)c2CSCCN. The molecule has 16 N–H and O–H groups in total. The number of hydrogen-bond donors (Lipinski definition) is 13. The highest BCUT2D eigenvalue weighted by Crippen LogP contribution is 2.34. The highest BCUT2D eigenvalue weighted by atomic mass is 32.2. The predicted octanol–water partition coefficient (Wildman–Crippen LogP) is -4.07. The van der Waals surface area contributed by atoms with Gasteiger partial charge in [0.15, 0.2) is 0 Å². The molecule has 2 heterocycles. The van der Waals surface area contributed by atoms with Gasteiger partial charge in [0.25, 0.3) is 0 Å². The predicted molar refractivity (Wildman–Crippen MR) is 240 cm³/mol. The summed E-state index contributed by atoms with van der Waals surface area (Å²) in [7, 11) is 0. The zero-order valence-electron chi connectivity index (χ0n) is 37.3. The number of aliphatic hydroxyl groups is 3. The van der Waals surface area contributed by atoms with Crippen LogP contribution in [0, 0.1) is 11.8 Å². The topological polar surface area (TPSA) is 371 Å². The number of amides is 8. The molecule has 8 amide bonds. The first-order valence-electron chi connectivity index (χ1n) is 21.5. The maximum Gasteiger partial charge on any atom is 0.246 e. The lowest BCUT2D eigenvalue weighted by Crippen LogP contribution is -2.60. The van der Waals surface area contributed by atoms with E-state index in [1.807, 2.05) is 0 Å². The van der Waals surface area contributed by atoms with Crippen LogP contribution < -0.4 is 49.1 Å². The smallest absolute Gasteiger partial charge is 0.246 e. The number of rotatable bonds is 17. The number of carbonyl (C=O) groups excluding carboxylic acids is 8. The van der Waals surface area contributed by atoms with Crippen molar-refractivity contribution in [1.29, 1.82) is 0 Å². The number of phenolic OH excluding ortho intramolecular Hbond substituents is 1. The van der Waals surface area contributed by atoms with E-state index >= 15 is 0 Å². The normalized spacial score (nSPS) is 24.1. The number of fused-ring (bicyclic) bond motifs is 2. The van der Waals surface area contributed by atoms with Crippen LogP contribution in [0.1, 0.15) is 70.1 Å². The summed E-state index contributed by atoms with van der Waals surface area (Å²) in [4.78, 5) is 109. The molecule has 2 aliphatic rings. The van der Waals surface area contributed by atoms with Gasteiger partial charge in [-0.1, -0.05) is 39.8 Å². The molecule has 2 aliphatic heterocycles. The summed E-state index contributed by atoms with van der Waals surface area (Å²) in [6.45, 7) is 8.87. The Kier molecular flexibility index (Phi) is 21.1. The molecule has 1 aromatic rings. The Balaban J connectivity index is 2.21. The van der Waals surface area contributed by atoms with E-state index in [2.05, 4.69) is 38.5 Å². The molecule has 1 aromatic carbocycles. The van der Waals surface area contributed by atoms with E-state index in [0.717, 1.165) is 4.90 Å². The van der Waals surface area contributed by atoms with Gasteiger partial charge in [-0.2, -0.15) is 11.8 Å². The summed E-state index contributed by atoms with van der Waals surface area (Å²) >= 11 is 1.36. The van der Waals surface area contributed by atoms with Crippen LogP contribution in [0.4, 0.5) is 0 Å². The minimum atomic E-state index is -1.77. The first kappa shape index (κ1) is 54.0. The van der Waals surface area contributed by atoms with E-state index in [-0.39, 0.29) is 43.2 Å². The number of nitrogens with two attached hydrogens (primary N) is 3. The van der Waals surface area contributed by atoms with E-state index in [9.17, 15) is 58.8 Å². The monoisotopic (exact) mass is 934 g/mol. The third-order valence-corrected chi connectivity index (χ3v) is 12.5. The second-order valence-corrected chi connectivity index (χ2v) is 17.7. The summed E-state index contributed by atoms with van der Waals surface area (Å²) < 4.78 is 0. The van der Waals surface area contributed by atoms with Gasteiger partial charge in [0.2, 0.25) is 47.3 Å². The Morgan fingerprint density at radius 2 is 1.71 bits per heavy atom. The zero-order chi connectivity index (χ0) is 48.7. The number of carbonyl (C=O) groups is 8. The average Bonchev–Trinajstić information content (AvgIpc) is 3.66. The Morgan fingerprint density at radius 3 is 2.32 bits per heavy atom. The van der Waals surface area contributed by atoms with Crippen molar-refractivity contribution in [1.82, 2.24) is 36.8 Å². The van der Waals surface area contributed by atoms with Gasteiger partial charge in [-0.15, -0.1) is 0 Å². The van der Waals surface area contributed by atoms with Crippen LogP contribution >= 0.6 is 11.8 Å². The quantitative estimate of drug-likeness (QED) is 0.0661. The van der Waals surface area contributed by atoms with Crippen molar-refractivity contribution < 1.29 is 58.8 Å². The molecule has 0 aromatic heterocycles. The Hall–Kier alpha value is -5.33. The molecule has 0 radical (unpaired) electrons. The molecule has 22 nitrogen and oxygen atoms in total. The summed E-state index contributed by atoms with van der Waals surface area (Å²) in [5.41, 5.74) is 18.2. The number of primary amides is 1. The largest absolute Gasteiger partial charge is 0.508 e. The van der Waals surface area contributed by atoms with Crippen molar-refractivity contribution in [2.24, 2.45) is 29.0 Å². The fraction of sp³-hybridized carbons (Fsp3) is 0.619. The van der Waals surface area contributed by atoms with E-state index in [4.69, 9.17) is 17.2 Å². The van der Waals surface area contributed by atoms with Crippen LogP contribution in [-0.2, 0) is 50.5 Å². The first-order valence-corrected chi connectivity index (χ1v) is 22.7. The van der Waals surface area contributed by atoms with Crippen LogP contribution in [-0.4, -0.2) is 160 Å². The standard InChI is InChI=1S/C42H66N10O12S/c1-6-20(2)36(50-34(58)15-44)40(62)46-16-35(59)48-28-13-26-25(7-8-31(55)27(26)19-65-10-9-43)21(3)11-22(4)47-41(63)37(23(5)32(56)18-53)51-39(61)30-12-24(54)17-52(30)42(64)29(14-33(45)57)49-38(28)60/h7-8,20,22-24,28-30,32,36-37,53-56H,3,6,9-19,43-44H2,1-2,4-5H3,(H2,45,57)(H,46,62)(H,47,63)(H,48,59)(H,49,60)(H,50,58)(H,51,61)/t20?,22-,23+,24-,28+,29?,30?,32+,36?,37?/m1/s1. The first-order chi connectivity index (χ1) is 30.7. The van der Waals surface area contributed by atoms with Crippen LogP contribution in [0.15, 0.2) is 18.7 Å². The van der Waals surface area contributed by atoms with Crippen LogP contribution in [0.3, 0.4) is 0 Å². The fourth-order valence-electron chi connectivity index (χ4n) is 7.65. The van der Waals surface area contributed by atoms with E-state index < -0.39 is 128 Å². The highest BCUT2D eigenvalue weighted by molar-refractivity contribution is 7.98. The van der Waals surface area contributed by atoms with Crippen molar-refractivity contribution in [3.63, 3.8) is 0 Å². The third kappa shape index (κ3) is 15.1. The molecule has 0 spiro atoms. The van der Waals surface area contributed by atoms with Gasteiger partial charge < -0.3 is 74.4 Å². The van der Waals surface area contributed by atoms with Crippen molar-refractivity contribution in [3.05, 3.63) is 35.4 Å². The lowest BCUT2D eigenvalue weighted by atomic mass is 9.88. The van der Waals surface area contributed by atoms with Gasteiger partial charge >= 0.3 is 0 Å². The zero-order valence-corrected chi connectivity index (χ0v) is 38.1. The number of phenols is 1. The van der Waals surface area contributed by atoms with E-state index in [1.54, 1.807) is 26.8 Å². The summed E-state index contributed by atoms with van der Waals surface area (Å²) in [6, 6.07) is -5.09. The molecule has 0 aliphatic carbocycles.